The summed E-state index contributed by atoms with van der Waals surface area (Å²) in [6.45, 7) is 0.791. The fourth-order valence-electron chi connectivity index (χ4n) is 4.71. The molecule has 0 unspecified atom stereocenters. The summed E-state index contributed by atoms with van der Waals surface area (Å²) in [6.07, 6.45) is 1.78. The smallest absolute Gasteiger partial charge is 0.243 e. The summed E-state index contributed by atoms with van der Waals surface area (Å²) >= 11 is 0. The lowest BCUT2D eigenvalue weighted by molar-refractivity contribution is -0.139. The molecule has 7 nitrogen and oxygen atoms in total. The molecule has 0 aromatic heterocycles. The van der Waals surface area contributed by atoms with Gasteiger partial charge in [0.25, 0.3) is 0 Å². The van der Waals surface area contributed by atoms with Crippen LogP contribution in [0.5, 0.6) is 0 Å². The molecule has 3 aromatic carbocycles. The average molecular weight is 484 g/mol. The minimum absolute atomic E-state index is 0.00116. The Balaban J connectivity index is 1.44. The second-order valence-electron chi connectivity index (χ2n) is 9.31. The highest BCUT2D eigenvalue weighted by molar-refractivity contribution is 5.95. The molecule has 1 heterocycles. The van der Waals surface area contributed by atoms with Crippen LogP contribution in [-0.4, -0.2) is 41.2 Å². The largest absolute Gasteiger partial charge is 0.384 e. The molecule has 1 aliphatic heterocycles. The third-order valence-electron chi connectivity index (χ3n) is 6.79. The van der Waals surface area contributed by atoms with Crippen molar-refractivity contribution in [2.24, 2.45) is 11.5 Å². The van der Waals surface area contributed by atoms with Gasteiger partial charge in [0.1, 0.15) is 11.9 Å². The van der Waals surface area contributed by atoms with Crippen LogP contribution < -0.4 is 16.8 Å². The van der Waals surface area contributed by atoms with Gasteiger partial charge in [-0.05, 0) is 36.0 Å². The molecule has 0 aliphatic carbocycles. The number of nitrogens with zero attached hydrogens (tertiary/aromatic N) is 1. The number of likely N-dealkylation sites (tertiary alicyclic amines) is 1. The first-order chi connectivity index (χ1) is 17.4. The van der Waals surface area contributed by atoms with Crippen molar-refractivity contribution >= 4 is 17.6 Å². The van der Waals surface area contributed by atoms with Gasteiger partial charge in [0.05, 0.1) is 6.04 Å². The van der Waals surface area contributed by atoms with Gasteiger partial charge >= 0.3 is 0 Å². The van der Waals surface area contributed by atoms with E-state index in [0.717, 1.165) is 16.7 Å². The summed E-state index contributed by atoms with van der Waals surface area (Å²) in [5, 5.41) is 10.5. The van der Waals surface area contributed by atoms with Gasteiger partial charge in [-0.1, -0.05) is 84.9 Å². The van der Waals surface area contributed by atoms with Gasteiger partial charge in [0.2, 0.25) is 11.8 Å². The van der Waals surface area contributed by atoms with Gasteiger partial charge in [0.15, 0.2) is 0 Å². The molecule has 0 spiro atoms. The molecule has 3 aromatic rings. The van der Waals surface area contributed by atoms with Crippen molar-refractivity contribution in [3.8, 4) is 0 Å². The maximum absolute atomic E-state index is 13.4. The quantitative estimate of drug-likeness (QED) is 0.276. The molecular weight excluding hydrogens is 450 g/mol. The number of nitrogens with two attached hydrogens (primary N) is 2. The van der Waals surface area contributed by atoms with Crippen LogP contribution in [0.4, 0.5) is 0 Å². The lowest BCUT2D eigenvalue weighted by atomic mass is 9.96. The zero-order valence-electron chi connectivity index (χ0n) is 20.3. The zero-order valence-corrected chi connectivity index (χ0v) is 20.3. The van der Waals surface area contributed by atoms with Crippen molar-refractivity contribution in [3.05, 3.63) is 107 Å². The molecule has 2 amide bonds. The predicted molar refractivity (Wildman–Crippen MR) is 141 cm³/mol. The number of nitrogen functional groups attached to an aromatic ring is 1. The second-order valence-corrected chi connectivity index (χ2v) is 9.31. The Morgan fingerprint density at radius 3 is 2.22 bits per heavy atom. The minimum Gasteiger partial charge on any atom is -0.384 e. The third-order valence-corrected chi connectivity index (χ3v) is 6.79. The number of nitrogens with one attached hydrogen (secondary N) is 2. The van der Waals surface area contributed by atoms with Gasteiger partial charge in [-0.3, -0.25) is 15.0 Å². The lowest BCUT2D eigenvalue weighted by Crippen LogP contribution is -2.51. The molecule has 36 heavy (non-hydrogen) atoms. The highest BCUT2D eigenvalue weighted by Gasteiger charge is 2.41. The van der Waals surface area contributed by atoms with Crippen LogP contribution in [0.1, 0.15) is 41.0 Å². The van der Waals surface area contributed by atoms with Crippen LogP contribution in [0.25, 0.3) is 0 Å². The van der Waals surface area contributed by atoms with Crippen molar-refractivity contribution in [1.29, 1.82) is 5.41 Å². The Hall–Kier alpha value is -3.97. The van der Waals surface area contributed by atoms with Gasteiger partial charge < -0.3 is 21.7 Å². The highest BCUT2D eigenvalue weighted by Crippen LogP contribution is 2.32. The summed E-state index contributed by atoms with van der Waals surface area (Å²) < 4.78 is 0. The van der Waals surface area contributed by atoms with Crippen LogP contribution >= 0.6 is 0 Å². The number of carbonyl (C=O) groups excluding carboxylic acids is 2. The summed E-state index contributed by atoms with van der Waals surface area (Å²) in [5.41, 5.74) is 15.6. The molecule has 0 radical (unpaired) electrons. The highest BCUT2D eigenvalue weighted by atomic mass is 16.2. The fraction of sp³-hybridized carbons (Fsp3) is 0.276. The topological polar surface area (TPSA) is 125 Å². The summed E-state index contributed by atoms with van der Waals surface area (Å²) in [4.78, 5) is 28.4. The molecule has 186 valence electrons. The zero-order chi connectivity index (χ0) is 25.5. The fourth-order valence-corrected chi connectivity index (χ4v) is 4.71. The van der Waals surface area contributed by atoms with E-state index in [-0.39, 0.29) is 23.6 Å². The normalized spacial score (nSPS) is 18.0. The van der Waals surface area contributed by atoms with Crippen LogP contribution in [0.3, 0.4) is 0 Å². The molecule has 6 N–H and O–H groups in total. The minimum atomic E-state index is -0.672. The van der Waals surface area contributed by atoms with E-state index in [1.165, 1.54) is 0 Å². The standard InChI is InChI=1S/C29H33N5O2/c30-25(16-13-20-7-3-1-4-8-20)29(36)34-19-24(22-9-5-2-6-10-22)17-26(34)28(35)33-18-21-11-14-23(15-12-21)27(31)32/h1-12,14-15,24-26H,13,16-19,30H2,(H3,31,32)(H,33,35)/t24-,25-,26+/m1/s1. The van der Waals surface area contributed by atoms with Gasteiger partial charge in [-0.15, -0.1) is 0 Å². The molecule has 7 heteroatoms. The predicted octanol–water partition coefficient (Wildman–Crippen LogP) is 2.93. The second kappa shape index (κ2) is 11.6. The number of aryl methyl sites for hydroxylation is 1. The molecule has 1 aliphatic rings. The third kappa shape index (κ3) is 6.17. The van der Waals surface area contributed by atoms with E-state index in [2.05, 4.69) is 5.32 Å². The Morgan fingerprint density at radius 1 is 0.944 bits per heavy atom. The Kier molecular flexibility index (Phi) is 8.13. The number of carbonyl (C=O) groups is 2. The van der Waals surface area contributed by atoms with Crippen molar-refractivity contribution in [2.45, 2.75) is 43.8 Å². The van der Waals surface area contributed by atoms with Gasteiger partial charge in [0, 0.05) is 24.6 Å². The van der Waals surface area contributed by atoms with E-state index in [0.29, 0.717) is 37.9 Å². The van der Waals surface area contributed by atoms with Gasteiger partial charge in [-0.25, -0.2) is 0 Å². The van der Waals surface area contributed by atoms with E-state index in [1.54, 1.807) is 17.0 Å². The van der Waals surface area contributed by atoms with E-state index < -0.39 is 12.1 Å². The summed E-state index contributed by atoms with van der Waals surface area (Å²) in [5.74, 6) is -0.300. The number of hydrogen-bond donors (Lipinski definition) is 4. The Labute approximate surface area is 212 Å². The van der Waals surface area contributed by atoms with Crippen LogP contribution in [0.2, 0.25) is 0 Å². The molecule has 3 atom stereocenters. The van der Waals surface area contributed by atoms with Crippen LogP contribution in [0, 0.1) is 5.41 Å². The molecule has 4 rings (SSSR count). The van der Waals surface area contributed by atoms with Crippen molar-refractivity contribution in [2.75, 3.05) is 6.54 Å². The van der Waals surface area contributed by atoms with Crippen LogP contribution in [-0.2, 0) is 22.6 Å². The Bertz CT molecular complexity index is 1180. The molecule has 0 bridgehead atoms. The average Bonchev–Trinajstić information content (AvgIpc) is 3.37. The summed E-state index contributed by atoms with van der Waals surface area (Å²) in [6, 6.07) is 25.9. The first-order valence-electron chi connectivity index (χ1n) is 12.3. The SMILES string of the molecule is N=C(N)c1ccc(CNC(=O)[C@@H]2C[C@@H](c3ccccc3)CN2C(=O)[C@H](N)CCc2ccccc2)cc1. The summed E-state index contributed by atoms with van der Waals surface area (Å²) in [7, 11) is 0. The van der Waals surface area contributed by atoms with Crippen molar-refractivity contribution in [1.82, 2.24) is 10.2 Å². The number of rotatable bonds is 9. The van der Waals surface area contributed by atoms with E-state index in [4.69, 9.17) is 16.9 Å². The molecule has 1 fully saturated rings. The van der Waals surface area contributed by atoms with E-state index in [9.17, 15) is 9.59 Å². The molecule has 1 saturated heterocycles. The number of amides is 2. The van der Waals surface area contributed by atoms with Crippen molar-refractivity contribution in [3.63, 3.8) is 0 Å². The van der Waals surface area contributed by atoms with Crippen LogP contribution in [0.15, 0.2) is 84.9 Å². The lowest BCUT2D eigenvalue weighted by Gasteiger charge is -2.27. The maximum atomic E-state index is 13.4. The van der Waals surface area contributed by atoms with Gasteiger partial charge in [-0.2, -0.15) is 0 Å². The first kappa shape index (κ1) is 25.1. The molecular formula is C29H33N5O2. The number of amidine groups is 1. The van der Waals surface area contributed by atoms with Crippen molar-refractivity contribution < 1.29 is 9.59 Å². The monoisotopic (exact) mass is 483 g/mol. The first-order valence-corrected chi connectivity index (χ1v) is 12.3. The maximum Gasteiger partial charge on any atom is 0.243 e. The number of benzene rings is 3. The number of hydrogen-bond acceptors (Lipinski definition) is 4. The Morgan fingerprint density at radius 2 is 1.58 bits per heavy atom. The van der Waals surface area contributed by atoms with E-state index >= 15 is 0 Å². The van der Waals surface area contributed by atoms with E-state index in [1.807, 2.05) is 72.8 Å². The molecule has 0 saturated carbocycles.